The third-order valence-corrected chi connectivity index (χ3v) is 3.34. The second-order valence-electron chi connectivity index (χ2n) is 3.66. The first-order chi connectivity index (χ1) is 8.66. The van der Waals surface area contributed by atoms with Crippen LogP contribution < -0.4 is 5.32 Å². The van der Waals surface area contributed by atoms with Crippen molar-refractivity contribution in [2.45, 2.75) is 6.42 Å². The van der Waals surface area contributed by atoms with E-state index < -0.39 is 5.97 Å². The Morgan fingerprint density at radius 3 is 2.94 bits per heavy atom. The molecule has 0 atom stereocenters. The zero-order valence-corrected chi connectivity index (χ0v) is 11.0. The zero-order valence-electron chi connectivity index (χ0n) is 9.39. The molecule has 0 aliphatic carbocycles. The van der Waals surface area contributed by atoms with Crippen LogP contribution in [0.25, 0.3) is 0 Å². The van der Waals surface area contributed by atoms with Gasteiger partial charge in [-0.05, 0) is 18.2 Å². The molecule has 1 aromatic carbocycles. The van der Waals surface area contributed by atoms with Crippen LogP contribution in [-0.4, -0.2) is 22.6 Å². The molecule has 0 radical (unpaired) electrons. The number of carbonyl (C=O) groups is 1. The first-order valence-corrected chi connectivity index (χ1v) is 6.62. The number of halogens is 1. The van der Waals surface area contributed by atoms with Gasteiger partial charge in [0.15, 0.2) is 0 Å². The van der Waals surface area contributed by atoms with Gasteiger partial charge in [-0.1, -0.05) is 11.6 Å². The number of aromatic nitrogens is 1. The Labute approximate surface area is 113 Å². The highest BCUT2D eigenvalue weighted by molar-refractivity contribution is 7.07. The van der Waals surface area contributed by atoms with Crippen LogP contribution in [0.4, 0.5) is 5.69 Å². The third-order valence-electron chi connectivity index (χ3n) is 2.40. The van der Waals surface area contributed by atoms with Gasteiger partial charge in [-0.2, -0.15) is 0 Å². The summed E-state index contributed by atoms with van der Waals surface area (Å²) in [5.74, 6) is -0.981. The number of nitrogens with one attached hydrogen (secondary N) is 1. The predicted molar refractivity (Wildman–Crippen MR) is 72.7 cm³/mol. The molecule has 0 saturated heterocycles. The lowest BCUT2D eigenvalue weighted by atomic mass is 10.2. The lowest BCUT2D eigenvalue weighted by molar-refractivity contribution is 0.0697. The van der Waals surface area contributed by atoms with Gasteiger partial charge in [0.1, 0.15) is 0 Å². The van der Waals surface area contributed by atoms with Crippen molar-refractivity contribution in [3.63, 3.8) is 0 Å². The smallest absolute Gasteiger partial charge is 0.335 e. The SMILES string of the molecule is O=C(O)c1ccc(NCCc2cscn2)c(Cl)c1. The highest BCUT2D eigenvalue weighted by Gasteiger charge is 2.06. The molecule has 0 aliphatic heterocycles. The van der Waals surface area contributed by atoms with Crippen LogP contribution in [0.2, 0.25) is 5.02 Å². The lowest BCUT2D eigenvalue weighted by Crippen LogP contribution is -2.06. The van der Waals surface area contributed by atoms with E-state index in [0.717, 1.165) is 17.8 Å². The number of anilines is 1. The zero-order chi connectivity index (χ0) is 13.0. The summed E-state index contributed by atoms with van der Waals surface area (Å²) in [5, 5.41) is 14.4. The standard InChI is InChI=1S/C12H11ClN2O2S/c13-10-5-8(12(16)17)1-2-11(10)14-4-3-9-6-18-7-15-9/h1-2,5-7,14H,3-4H2,(H,16,17). The number of hydrogen-bond acceptors (Lipinski definition) is 4. The van der Waals surface area contributed by atoms with Crippen molar-refractivity contribution in [2.24, 2.45) is 0 Å². The Morgan fingerprint density at radius 1 is 1.50 bits per heavy atom. The largest absolute Gasteiger partial charge is 0.478 e. The third kappa shape index (κ3) is 3.21. The van der Waals surface area contributed by atoms with Gasteiger partial charge < -0.3 is 10.4 Å². The van der Waals surface area contributed by atoms with Crippen molar-refractivity contribution in [1.82, 2.24) is 4.98 Å². The molecule has 2 rings (SSSR count). The molecule has 0 bridgehead atoms. The van der Waals surface area contributed by atoms with Crippen LogP contribution in [0, 0.1) is 0 Å². The van der Waals surface area contributed by atoms with Gasteiger partial charge in [0, 0.05) is 18.3 Å². The van der Waals surface area contributed by atoms with Gasteiger partial charge in [-0.25, -0.2) is 9.78 Å². The summed E-state index contributed by atoms with van der Waals surface area (Å²) in [6, 6.07) is 4.64. The summed E-state index contributed by atoms with van der Waals surface area (Å²) >= 11 is 7.56. The predicted octanol–water partition coefficient (Wildman–Crippen LogP) is 3.15. The maximum absolute atomic E-state index is 10.7. The Kier molecular flexibility index (Phi) is 4.17. The molecular formula is C12H11ClN2O2S. The normalized spacial score (nSPS) is 10.3. The molecule has 0 spiro atoms. The number of benzene rings is 1. The highest BCUT2D eigenvalue weighted by Crippen LogP contribution is 2.23. The maximum Gasteiger partial charge on any atom is 0.335 e. The van der Waals surface area contributed by atoms with Crippen molar-refractivity contribution in [2.75, 3.05) is 11.9 Å². The molecule has 0 amide bonds. The number of nitrogens with zero attached hydrogens (tertiary/aromatic N) is 1. The van der Waals surface area contributed by atoms with Crippen LogP contribution >= 0.6 is 22.9 Å². The molecule has 18 heavy (non-hydrogen) atoms. The Morgan fingerprint density at radius 2 is 2.33 bits per heavy atom. The first kappa shape index (κ1) is 12.9. The van der Waals surface area contributed by atoms with Crippen molar-refractivity contribution in [3.05, 3.63) is 45.4 Å². The molecule has 1 aromatic heterocycles. The maximum atomic E-state index is 10.7. The van der Waals surface area contributed by atoms with E-state index >= 15 is 0 Å². The first-order valence-electron chi connectivity index (χ1n) is 5.30. The fourth-order valence-electron chi connectivity index (χ4n) is 1.48. The van der Waals surface area contributed by atoms with Gasteiger partial charge in [0.25, 0.3) is 0 Å². The summed E-state index contributed by atoms with van der Waals surface area (Å²) in [4.78, 5) is 14.9. The monoisotopic (exact) mass is 282 g/mol. The molecule has 2 aromatic rings. The van der Waals surface area contributed by atoms with E-state index in [9.17, 15) is 4.79 Å². The number of carboxylic acids is 1. The minimum absolute atomic E-state index is 0.185. The van der Waals surface area contributed by atoms with E-state index in [1.54, 1.807) is 22.9 Å². The average molecular weight is 283 g/mol. The second kappa shape index (κ2) is 5.84. The summed E-state index contributed by atoms with van der Waals surface area (Å²) in [5.41, 5.74) is 3.75. The number of aromatic carboxylic acids is 1. The Bertz CT molecular complexity index is 543. The Balaban J connectivity index is 1.95. The quantitative estimate of drug-likeness (QED) is 0.884. The summed E-state index contributed by atoms with van der Waals surface area (Å²) in [6.07, 6.45) is 0.806. The van der Waals surface area contributed by atoms with Crippen molar-refractivity contribution in [1.29, 1.82) is 0 Å². The van der Waals surface area contributed by atoms with E-state index in [2.05, 4.69) is 10.3 Å². The summed E-state index contributed by atoms with van der Waals surface area (Å²) < 4.78 is 0. The van der Waals surface area contributed by atoms with E-state index in [-0.39, 0.29) is 5.56 Å². The number of hydrogen-bond donors (Lipinski definition) is 2. The molecule has 0 aliphatic rings. The van der Waals surface area contributed by atoms with Crippen LogP contribution in [0.15, 0.2) is 29.1 Å². The fourth-order valence-corrected chi connectivity index (χ4v) is 2.32. The van der Waals surface area contributed by atoms with Crippen LogP contribution in [0.3, 0.4) is 0 Å². The number of thiazole rings is 1. The highest BCUT2D eigenvalue weighted by atomic mass is 35.5. The molecule has 1 heterocycles. The molecule has 2 N–H and O–H groups in total. The summed E-state index contributed by atoms with van der Waals surface area (Å²) in [7, 11) is 0. The lowest BCUT2D eigenvalue weighted by Gasteiger charge is -2.08. The molecular weight excluding hydrogens is 272 g/mol. The molecule has 94 valence electrons. The number of carboxylic acid groups (broad SMARTS) is 1. The second-order valence-corrected chi connectivity index (χ2v) is 4.78. The minimum atomic E-state index is -0.981. The van der Waals surface area contributed by atoms with Gasteiger partial charge in [-0.15, -0.1) is 11.3 Å². The average Bonchev–Trinajstić information content (AvgIpc) is 2.84. The van der Waals surface area contributed by atoms with Gasteiger partial charge in [-0.3, -0.25) is 0 Å². The van der Waals surface area contributed by atoms with Crippen LogP contribution in [0.1, 0.15) is 16.1 Å². The molecule has 6 heteroatoms. The van der Waals surface area contributed by atoms with E-state index in [0.29, 0.717) is 11.6 Å². The molecule has 0 fully saturated rings. The van der Waals surface area contributed by atoms with Gasteiger partial charge >= 0.3 is 5.97 Å². The summed E-state index contributed by atoms with van der Waals surface area (Å²) in [6.45, 7) is 0.704. The van der Waals surface area contributed by atoms with Crippen LogP contribution in [0.5, 0.6) is 0 Å². The Hall–Kier alpha value is -1.59. The van der Waals surface area contributed by atoms with Gasteiger partial charge in [0.2, 0.25) is 0 Å². The van der Waals surface area contributed by atoms with E-state index in [1.165, 1.54) is 12.1 Å². The van der Waals surface area contributed by atoms with Crippen LogP contribution in [-0.2, 0) is 6.42 Å². The van der Waals surface area contributed by atoms with E-state index in [4.69, 9.17) is 16.7 Å². The van der Waals surface area contributed by atoms with Crippen molar-refractivity contribution < 1.29 is 9.90 Å². The topological polar surface area (TPSA) is 62.2 Å². The van der Waals surface area contributed by atoms with Crippen molar-refractivity contribution >= 4 is 34.6 Å². The molecule has 0 saturated carbocycles. The van der Waals surface area contributed by atoms with Gasteiger partial charge in [0.05, 0.1) is 27.5 Å². The fraction of sp³-hybridized carbons (Fsp3) is 0.167. The number of rotatable bonds is 5. The molecule has 0 unspecified atom stereocenters. The van der Waals surface area contributed by atoms with Crippen molar-refractivity contribution in [3.8, 4) is 0 Å². The minimum Gasteiger partial charge on any atom is -0.478 e. The molecule has 4 nitrogen and oxygen atoms in total. The van der Waals surface area contributed by atoms with E-state index in [1.807, 2.05) is 5.38 Å².